The number of carbonyl (C=O) groups excluding carboxylic acids is 2. The molecular formula is C15H11NO4S. The number of amides is 1. The molecule has 0 saturated heterocycles. The Bertz CT molecular complexity index is 785. The van der Waals surface area contributed by atoms with Crippen molar-refractivity contribution in [3.8, 4) is 0 Å². The standard InChI is InChI=1S/C15H11NO4S/c1-19-15(18)13-10(6-7-21-13)16-14(17)12-8-9-4-2-3-5-11(9)20-12/h2-8H,1H3,(H,16,17). The van der Waals surface area contributed by atoms with E-state index in [2.05, 4.69) is 10.1 Å². The minimum Gasteiger partial charge on any atom is -0.465 e. The summed E-state index contributed by atoms with van der Waals surface area (Å²) >= 11 is 1.20. The Hall–Kier alpha value is -2.60. The number of hydrogen-bond donors (Lipinski definition) is 1. The van der Waals surface area contributed by atoms with Crippen LogP contribution in [-0.2, 0) is 4.74 Å². The second-order valence-electron chi connectivity index (χ2n) is 4.26. The summed E-state index contributed by atoms with van der Waals surface area (Å²) in [4.78, 5) is 24.1. The highest BCUT2D eigenvalue weighted by Crippen LogP contribution is 2.25. The van der Waals surface area contributed by atoms with Gasteiger partial charge in [-0.2, -0.15) is 0 Å². The average molecular weight is 301 g/mol. The molecule has 0 fully saturated rings. The van der Waals surface area contributed by atoms with Gasteiger partial charge in [-0.15, -0.1) is 11.3 Å². The lowest BCUT2D eigenvalue weighted by Gasteiger charge is -2.03. The monoisotopic (exact) mass is 301 g/mol. The summed E-state index contributed by atoms with van der Waals surface area (Å²) < 4.78 is 10.1. The lowest BCUT2D eigenvalue weighted by atomic mass is 10.2. The number of hydrogen-bond acceptors (Lipinski definition) is 5. The maximum absolute atomic E-state index is 12.2. The molecule has 3 aromatic rings. The zero-order valence-electron chi connectivity index (χ0n) is 11.1. The fourth-order valence-corrected chi connectivity index (χ4v) is 2.70. The molecule has 1 amide bonds. The second kappa shape index (κ2) is 5.41. The first-order valence-electron chi connectivity index (χ1n) is 6.15. The summed E-state index contributed by atoms with van der Waals surface area (Å²) in [5, 5.41) is 5.22. The quantitative estimate of drug-likeness (QED) is 0.751. The van der Waals surface area contributed by atoms with Crippen LogP contribution in [0.5, 0.6) is 0 Å². The van der Waals surface area contributed by atoms with E-state index in [1.807, 2.05) is 18.2 Å². The number of carbonyl (C=O) groups is 2. The van der Waals surface area contributed by atoms with Gasteiger partial charge in [0, 0.05) is 5.39 Å². The average Bonchev–Trinajstić information content (AvgIpc) is 3.12. The van der Waals surface area contributed by atoms with Crippen molar-refractivity contribution in [1.82, 2.24) is 0 Å². The van der Waals surface area contributed by atoms with Crippen LogP contribution in [0.2, 0.25) is 0 Å². The molecule has 0 aliphatic rings. The lowest BCUT2D eigenvalue weighted by Crippen LogP contribution is -2.13. The van der Waals surface area contributed by atoms with Crippen LogP contribution in [0.15, 0.2) is 46.2 Å². The third-order valence-corrected chi connectivity index (χ3v) is 3.83. The zero-order valence-corrected chi connectivity index (χ0v) is 11.9. The third kappa shape index (κ3) is 2.53. The molecule has 106 valence electrons. The number of anilines is 1. The van der Waals surface area contributed by atoms with Gasteiger partial charge in [-0.25, -0.2) is 4.79 Å². The smallest absolute Gasteiger partial charge is 0.350 e. The van der Waals surface area contributed by atoms with Crippen LogP contribution in [0.4, 0.5) is 5.69 Å². The predicted octanol–water partition coefficient (Wildman–Crippen LogP) is 3.53. The Morgan fingerprint density at radius 1 is 1.24 bits per heavy atom. The largest absolute Gasteiger partial charge is 0.465 e. The van der Waals surface area contributed by atoms with Crippen molar-refractivity contribution in [2.24, 2.45) is 0 Å². The molecule has 2 aromatic heterocycles. The molecule has 0 spiro atoms. The van der Waals surface area contributed by atoms with E-state index in [1.165, 1.54) is 18.4 Å². The number of para-hydroxylation sites is 1. The molecule has 0 atom stereocenters. The lowest BCUT2D eigenvalue weighted by molar-refractivity contribution is 0.0607. The van der Waals surface area contributed by atoms with Crippen molar-refractivity contribution in [1.29, 1.82) is 0 Å². The molecule has 6 heteroatoms. The van der Waals surface area contributed by atoms with Gasteiger partial charge in [0.15, 0.2) is 5.76 Å². The van der Waals surface area contributed by atoms with Crippen LogP contribution in [0, 0.1) is 0 Å². The van der Waals surface area contributed by atoms with E-state index in [0.29, 0.717) is 16.1 Å². The first-order chi connectivity index (χ1) is 10.2. The van der Waals surface area contributed by atoms with Crippen LogP contribution in [-0.4, -0.2) is 19.0 Å². The predicted molar refractivity (Wildman–Crippen MR) is 79.8 cm³/mol. The molecule has 0 radical (unpaired) electrons. The SMILES string of the molecule is COC(=O)c1sccc1NC(=O)c1cc2ccccc2o1. The molecule has 0 bridgehead atoms. The normalized spacial score (nSPS) is 10.5. The van der Waals surface area contributed by atoms with Crippen LogP contribution < -0.4 is 5.32 Å². The summed E-state index contributed by atoms with van der Waals surface area (Å²) in [5.41, 5.74) is 1.05. The molecule has 3 rings (SSSR count). The van der Waals surface area contributed by atoms with E-state index in [0.717, 1.165) is 5.39 Å². The number of thiophene rings is 1. The number of benzene rings is 1. The Kier molecular flexibility index (Phi) is 3.45. The van der Waals surface area contributed by atoms with Gasteiger partial charge in [0.25, 0.3) is 5.91 Å². The Labute approximate surface area is 124 Å². The Balaban J connectivity index is 1.86. The molecule has 0 unspecified atom stereocenters. The summed E-state index contributed by atoms with van der Waals surface area (Å²) in [5.74, 6) is -0.696. The first-order valence-corrected chi connectivity index (χ1v) is 7.03. The van der Waals surface area contributed by atoms with Crippen molar-refractivity contribution in [2.45, 2.75) is 0 Å². The molecule has 0 saturated carbocycles. The minimum atomic E-state index is -0.482. The Morgan fingerprint density at radius 3 is 2.81 bits per heavy atom. The van der Waals surface area contributed by atoms with E-state index < -0.39 is 11.9 Å². The molecule has 5 nitrogen and oxygen atoms in total. The van der Waals surface area contributed by atoms with E-state index in [4.69, 9.17) is 4.42 Å². The maximum atomic E-state index is 12.2. The molecule has 0 aliphatic carbocycles. The molecular weight excluding hydrogens is 290 g/mol. The third-order valence-electron chi connectivity index (χ3n) is 2.93. The number of nitrogens with one attached hydrogen (secondary N) is 1. The van der Waals surface area contributed by atoms with Crippen LogP contribution in [0.1, 0.15) is 20.2 Å². The van der Waals surface area contributed by atoms with Gasteiger partial charge in [-0.3, -0.25) is 4.79 Å². The number of methoxy groups -OCH3 is 1. The number of esters is 1. The van der Waals surface area contributed by atoms with Gasteiger partial charge >= 0.3 is 5.97 Å². The topological polar surface area (TPSA) is 68.5 Å². The van der Waals surface area contributed by atoms with E-state index >= 15 is 0 Å². The highest BCUT2D eigenvalue weighted by Gasteiger charge is 2.18. The van der Waals surface area contributed by atoms with Gasteiger partial charge in [0.2, 0.25) is 0 Å². The van der Waals surface area contributed by atoms with E-state index in [9.17, 15) is 9.59 Å². The van der Waals surface area contributed by atoms with Crippen molar-refractivity contribution >= 4 is 39.9 Å². The van der Waals surface area contributed by atoms with Crippen molar-refractivity contribution < 1.29 is 18.7 Å². The van der Waals surface area contributed by atoms with Gasteiger partial charge in [0.1, 0.15) is 10.5 Å². The highest BCUT2D eigenvalue weighted by molar-refractivity contribution is 7.12. The van der Waals surface area contributed by atoms with Crippen molar-refractivity contribution in [3.05, 3.63) is 52.4 Å². The van der Waals surface area contributed by atoms with Crippen LogP contribution in [0.25, 0.3) is 11.0 Å². The van der Waals surface area contributed by atoms with Crippen LogP contribution >= 0.6 is 11.3 Å². The fourth-order valence-electron chi connectivity index (χ4n) is 1.94. The fraction of sp³-hybridized carbons (Fsp3) is 0.0667. The molecule has 1 aromatic carbocycles. The van der Waals surface area contributed by atoms with Gasteiger partial charge < -0.3 is 14.5 Å². The first kappa shape index (κ1) is 13.4. The van der Waals surface area contributed by atoms with Crippen LogP contribution in [0.3, 0.4) is 0 Å². The van der Waals surface area contributed by atoms with Crippen molar-refractivity contribution in [3.63, 3.8) is 0 Å². The molecule has 1 N–H and O–H groups in total. The molecule has 0 aliphatic heterocycles. The molecule has 21 heavy (non-hydrogen) atoms. The maximum Gasteiger partial charge on any atom is 0.350 e. The number of furan rings is 1. The number of fused-ring (bicyclic) bond motifs is 1. The second-order valence-corrected chi connectivity index (χ2v) is 5.17. The molecule has 2 heterocycles. The van der Waals surface area contributed by atoms with Gasteiger partial charge in [0.05, 0.1) is 12.8 Å². The summed E-state index contributed by atoms with van der Waals surface area (Å²) in [6.45, 7) is 0. The minimum absolute atomic E-state index is 0.193. The van der Waals surface area contributed by atoms with E-state index in [1.54, 1.807) is 23.6 Å². The van der Waals surface area contributed by atoms with Gasteiger partial charge in [-0.05, 0) is 23.6 Å². The summed E-state index contributed by atoms with van der Waals surface area (Å²) in [6, 6.07) is 10.7. The highest BCUT2D eigenvalue weighted by atomic mass is 32.1. The number of rotatable bonds is 3. The van der Waals surface area contributed by atoms with Gasteiger partial charge in [-0.1, -0.05) is 18.2 Å². The number of ether oxygens (including phenoxy) is 1. The summed E-state index contributed by atoms with van der Waals surface area (Å²) in [7, 11) is 1.30. The van der Waals surface area contributed by atoms with E-state index in [-0.39, 0.29) is 5.76 Å². The summed E-state index contributed by atoms with van der Waals surface area (Å²) in [6.07, 6.45) is 0. The zero-order chi connectivity index (χ0) is 14.8. The Morgan fingerprint density at radius 2 is 2.05 bits per heavy atom. The van der Waals surface area contributed by atoms with Crippen molar-refractivity contribution in [2.75, 3.05) is 12.4 Å².